The highest BCUT2D eigenvalue weighted by Gasteiger charge is 2.17. The van der Waals surface area contributed by atoms with Gasteiger partial charge in [0.25, 0.3) is 5.91 Å². The molecule has 5 nitrogen and oxygen atoms in total. The lowest BCUT2D eigenvalue weighted by molar-refractivity contribution is 0.0827. The van der Waals surface area contributed by atoms with Gasteiger partial charge < -0.3 is 15.3 Å². The molecule has 0 aliphatic rings. The molecule has 1 rings (SSSR count). The van der Waals surface area contributed by atoms with E-state index in [4.69, 9.17) is 5.11 Å². The quantitative estimate of drug-likeness (QED) is 0.820. The van der Waals surface area contributed by atoms with Crippen molar-refractivity contribution < 1.29 is 9.90 Å². The van der Waals surface area contributed by atoms with Crippen LogP contribution < -0.4 is 5.32 Å². The van der Waals surface area contributed by atoms with Crippen molar-refractivity contribution in [2.75, 3.05) is 32.6 Å². The van der Waals surface area contributed by atoms with Crippen LogP contribution in [0.1, 0.15) is 30.6 Å². The molecule has 1 heterocycles. The fourth-order valence-corrected chi connectivity index (χ4v) is 1.60. The predicted molar refractivity (Wildman–Crippen MR) is 76.2 cm³/mol. The number of nitrogens with zero attached hydrogens (tertiary/aromatic N) is 2. The average molecular weight is 265 g/mol. The summed E-state index contributed by atoms with van der Waals surface area (Å²) in [7, 11) is 3.43. The van der Waals surface area contributed by atoms with Gasteiger partial charge in [-0.25, -0.2) is 4.98 Å². The Hall–Kier alpha value is -1.62. The molecule has 2 N–H and O–H groups in total. The van der Waals surface area contributed by atoms with E-state index in [0.717, 1.165) is 18.8 Å². The lowest BCUT2D eigenvalue weighted by Gasteiger charge is -2.24. The van der Waals surface area contributed by atoms with Crippen molar-refractivity contribution in [3.63, 3.8) is 0 Å². The van der Waals surface area contributed by atoms with E-state index in [1.165, 1.54) is 4.90 Å². The molecule has 1 amide bonds. The molecule has 0 radical (unpaired) electrons. The van der Waals surface area contributed by atoms with Gasteiger partial charge in [-0.3, -0.25) is 4.79 Å². The highest BCUT2D eigenvalue weighted by atomic mass is 16.3. The minimum atomic E-state index is -0.0559. The second-order valence-electron chi connectivity index (χ2n) is 5.62. The fraction of sp³-hybridized carbons (Fsp3) is 0.571. The van der Waals surface area contributed by atoms with Crippen molar-refractivity contribution in [2.45, 2.75) is 20.3 Å². The first-order valence-electron chi connectivity index (χ1n) is 6.38. The Morgan fingerprint density at radius 3 is 2.58 bits per heavy atom. The number of nitrogens with one attached hydrogen (secondary N) is 1. The van der Waals surface area contributed by atoms with E-state index in [2.05, 4.69) is 24.1 Å². The first-order valence-corrected chi connectivity index (χ1v) is 6.38. The first kappa shape index (κ1) is 15.4. The predicted octanol–water partition coefficient (Wildman–Crippen LogP) is 1.60. The van der Waals surface area contributed by atoms with Crippen molar-refractivity contribution >= 4 is 11.7 Å². The molecule has 1 aromatic rings. The molecule has 19 heavy (non-hydrogen) atoms. The van der Waals surface area contributed by atoms with Gasteiger partial charge in [0.15, 0.2) is 0 Å². The molecule has 0 bridgehead atoms. The summed E-state index contributed by atoms with van der Waals surface area (Å²) in [6.45, 7) is 5.07. The first-order chi connectivity index (χ1) is 8.85. The summed E-state index contributed by atoms with van der Waals surface area (Å²) in [5.74, 6) is 0.681. The normalized spacial score (nSPS) is 11.2. The highest BCUT2D eigenvalue weighted by molar-refractivity contribution is 5.93. The Morgan fingerprint density at radius 1 is 1.42 bits per heavy atom. The number of carbonyl (C=O) groups excluding carboxylic acids is 1. The Bertz CT molecular complexity index is 413. The summed E-state index contributed by atoms with van der Waals surface area (Å²) in [6, 6.07) is 3.56. The number of carbonyl (C=O) groups is 1. The smallest absolute Gasteiger partial charge is 0.254 e. The van der Waals surface area contributed by atoms with Gasteiger partial charge in [-0.05, 0) is 24.0 Å². The molecule has 0 aliphatic heterocycles. The number of hydrogen-bond donors (Lipinski definition) is 2. The number of hydrogen-bond acceptors (Lipinski definition) is 4. The number of aliphatic hydroxyl groups excluding tert-OH is 1. The van der Waals surface area contributed by atoms with Crippen molar-refractivity contribution in [1.82, 2.24) is 9.88 Å². The molecule has 1 aromatic heterocycles. The molecule has 0 atom stereocenters. The van der Waals surface area contributed by atoms with E-state index in [0.29, 0.717) is 5.56 Å². The van der Waals surface area contributed by atoms with Crippen LogP contribution >= 0.6 is 0 Å². The monoisotopic (exact) mass is 265 g/mol. The molecule has 0 saturated heterocycles. The Morgan fingerprint density at radius 2 is 2.11 bits per heavy atom. The summed E-state index contributed by atoms with van der Waals surface area (Å²) in [4.78, 5) is 17.4. The minimum absolute atomic E-state index is 0.00849. The summed E-state index contributed by atoms with van der Waals surface area (Å²) in [6.07, 6.45) is 2.31. The molecule has 0 fully saturated rings. The zero-order valence-corrected chi connectivity index (χ0v) is 12.1. The van der Waals surface area contributed by atoms with Gasteiger partial charge in [0, 0.05) is 33.4 Å². The van der Waals surface area contributed by atoms with Gasteiger partial charge in [-0.15, -0.1) is 0 Å². The van der Waals surface area contributed by atoms with Crippen molar-refractivity contribution in [3.8, 4) is 0 Å². The van der Waals surface area contributed by atoms with E-state index < -0.39 is 0 Å². The number of rotatable bonds is 6. The molecule has 0 spiro atoms. The van der Waals surface area contributed by atoms with Gasteiger partial charge in [0.2, 0.25) is 0 Å². The van der Waals surface area contributed by atoms with E-state index in [-0.39, 0.29) is 17.9 Å². The molecule has 0 unspecified atom stereocenters. The number of aromatic nitrogens is 1. The van der Waals surface area contributed by atoms with E-state index in [9.17, 15) is 4.79 Å². The van der Waals surface area contributed by atoms with Crippen LogP contribution in [-0.4, -0.2) is 48.1 Å². The third kappa shape index (κ3) is 4.87. The largest absolute Gasteiger partial charge is 0.396 e. The van der Waals surface area contributed by atoms with Gasteiger partial charge in [-0.2, -0.15) is 0 Å². The summed E-state index contributed by atoms with van der Waals surface area (Å²) in [5.41, 5.74) is 0.583. The van der Waals surface area contributed by atoms with Crippen molar-refractivity contribution in [3.05, 3.63) is 23.9 Å². The number of anilines is 1. The lowest BCUT2D eigenvalue weighted by Crippen LogP contribution is -2.25. The molecule has 0 saturated carbocycles. The zero-order chi connectivity index (χ0) is 14.5. The summed E-state index contributed by atoms with van der Waals surface area (Å²) in [5, 5.41) is 12.2. The minimum Gasteiger partial charge on any atom is -0.396 e. The zero-order valence-electron chi connectivity index (χ0n) is 12.1. The average Bonchev–Trinajstić information content (AvgIpc) is 2.36. The van der Waals surface area contributed by atoms with Crippen LogP contribution in [0.3, 0.4) is 0 Å². The Balaban J connectivity index is 2.60. The van der Waals surface area contributed by atoms with Gasteiger partial charge in [0.05, 0.1) is 5.56 Å². The number of pyridine rings is 1. The van der Waals surface area contributed by atoms with Crippen molar-refractivity contribution in [2.24, 2.45) is 5.41 Å². The van der Waals surface area contributed by atoms with E-state index >= 15 is 0 Å². The van der Waals surface area contributed by atoms with E-state index in [1.807, 2.05) is 0 Å². The third-order valence-electron chi connectivity index (χ3n) is 2.95. The van der Waals surface area contributed by atoms with Crippen molar-refractivity contribution in [1.29, 1.82) is 0 Å². The van der Waals surface area contributed by atoms with Crippen LogP contribution in [-0.2, 0) is 0 Å². The second kappa shape index (κ2) is 6.52. The maximum Gasteiger partial charge on any atom is 0.254 e. The van der Waals surface area contributed by atoms with Crippen LogP contribution in [0.5, 0.6) is 0 Å². The van der Waals surface area contributed by atoms with E-state index in [1.54, 1.807) is 32.4 Å². The lowest BCUT2D eigenvalue weighted by atomic mass is 9.90. The molecule has 0 aromatic carbocycles. The number of amides is 1. The standard InChI is InChI=1S/C14H23N3O2/c1-14(2,7-8-18)10-16-12-6-5-11(9-15-12)13(19)17(3)4/h5-6,9,18H,7-8,10H2,1-4H3,(H,15,16). The van der Waals surface area contributed by atoms with Crippen LogP contribution in [0.2, 0.25) is 0 Å². The summed E-state index contributed by atoms with van der Waals surface area (Å²) >= 11 is 0. The second-order valence-corrected chi connectivity index (χ2v) is 5.62. The fourth-order valence-electron chi connectivity index (χ4n) is 1.60. The topological polar surface area (TPSA) is 65.5 Å². The van der Waals surface area contributed by atoms with Crippen LogP contribution in [0.25, 0.3) is 0 Å². The molecule has 0 aliphatic carbocycles. The number of aliphatic hydroxyl groups is 1. The maximum absolute atomic E-state index is 11.7. The molecular weight excluding hydrogens is 242 g/mol. The van der Waals surface area contributed by atoms with Crippen LogP contribution in [0.15, 0.2) is 18.3 Å². The van der Waals surface area contributed by atoms with Gasteiger partial charge in [-0.1, -0.05) is 13.8 Å². The maximum atomic E-state index is 11.7. The third-order valence-corrected chi connectivity index (χ3v) is 2.95. The Labute approximate surface area is 114 Å². The van der Waals surface area contributed by atoms with Gasteiger partial charge >= 0.3 is 0 Å². The van der Waals surface area contributed by atoms with Crippen LogP contribution in [0, 0.1) is 5.41 Å². The van der Waals surface area contributed by atoms with Crippen LogP contribution in [0.4, 0.5) is 5.82 Å². The molecule has 5 heteroatoms. The van der Waals surface area contributed by atoms with Gasteiger partial charge in [0.1, 0.15) is 5.82 Å². The highest BCUT2D eigenvalue weighted by Crippen LogP contribution is 2.20. The molecule has 106 valence electrons. The Kier molecular flexibility index (Phi) is 5.30. The summed E-state index contributed by atoms with van der Waals surface area (Å²) < 4.78 is 0. The molecular formula is C14H23N3O2. The SMILES string of the molecule is CN(C)C(=O)c1ccc(NCC(C)(C)CCO)nc1.